The minimum absolute atomic E-state index is 0. The molecule has 0 atom stereocenters. The molecule has 0 unspecified atom stereocenters. The highest BCUT2D eigenvalue weighted by molar-refractivity contribution is 14.0. The fourth-order valence-electron chi connectivity index (χ4n) is 2.47. The van der Waals surface area contributed by atoms with Crippen molar-refractivity contribution in [1.29, 1.82) is 0 Å². The maximum Gasteiger partial charge on any atom is 0.215 e. The van der Waals surface area contributed by atoms with Crippen LogP contribution in [0, 0.1) is 13.8 Å². The first kappa shape index (κ1) is 23.9. The molecule has 26 heavy (non-hydrogen) atoms. The number of aryl methyl sites for hydroxylation is 2. The van der Waals surface area contributed by atoms with Gasteiger partial charge in [-0.3, -0.25) is 0 Å². The standard InChI is InChI=1S/C15H27N5O2S3.HI/c1-4-16-15(18-11-14-12(2)19-13(3)24-14)17-5-10-25(21,22)20-6-8-23-9-7-20;/h4-11H2,1-3H3,(H2,16,17,18);1H. The van der Waals surface area contributed by atoms with Crippen molar-refractivity contribution in [3.05, 3.63) is 15.6 Å². The van der Waals surface area contributed by atoms with E-state index in [-0.39, 0.29) is 29.7 Å². The van der Waals surface area contributed by atoms with Gasteiger partial charge in [-0.05, 0) is 20.8 Å². The lowest BCUT2D eigenvalue weighted by Gasteiger charge is -2.25. The Labute approximate surface area is 181 Å². The molecule has 2 rings (SSSR count). The maximum absolute atomic E-state index is 12.4. The van der Waals surface area contributed by atoms with Gasteiger partial charge in [0.15, 0.2) is 5.96 Å². The van der Waals surface area contributed by atoms with Crippen molar-refractivity contribution in [3.8, 4) is 0 Å². The first-order valence-corrected chi connectivity index (χ1v) is 12.0. The number of nitrogens with one attached hydrogen (secondary N) is 2. The number of sulfonamides is 1. The van der Waals surface area contributed by atoms with E-state index in [4.69, 9.17) is 0 Å². The molecule has 1 saturated heterocycles. The smallest absolute Gasteiger partial charge is 0.215 e. The molecule has 0 aliphatic carbocycles. The molecular weight excluding hydrogens is 505 g/mol. The molecule has 1 aliphatic rings. The van der Waals surface area contributed by atoms with E-state index in [0.717, 1.165) is 33.6 Å². The van der Waals surface area contributed by atoms with Crippen LogP contribution in [-0.2, 0) is 16.6 Å². The van der Waals surface area contributed by atoms with Crippen LogP contribution in [0.2, 0.25) is 0 Å². The Bertz CT molecular complexity index is 687. The topological polar surface area (TPSA) is 86.7 Å². The fraction of sp³-hybridized carbons (Fsp3) is 0.733. The number of hydrogen-bond acceptors (Lipinski definition) is 6. The van der Waals surface area contributed by atoms with Crippen molar-refractivity contribution in [2.24, 2.45) is 4.99 Å². The number of aromatic nitrogens is 1. The number of halogens is 1. The van der Waals surface area contributed by atoms with E-state index in [1.165, 1.54) is 0 Å². The van der Waals surface area contributed by atoms with Gasteiger partial charge >= 0.3 is 0 Å². The van der Waals surface area contributed by atoms with Crippen molar-refractivity contribution in [3.63, 3.8) is 0 Å². The maximum atomic E-state index is 12.4. The van der Waals surface area contributed by atoms with Crippen LogP contribution < -0.4 is 10.6 Å². The second kappa shape index (κ2) is 11.7. The Hall–Kier alpha value is -0.110. The molecule has 7 nitrogen and oxygen atoms in total. The van der Waals surface area contributed by atoms with Crippen LogP contribution in [0.5, 0.6) is 0 Å². The summed E-state index contributed by atoms with van der Waals surface area (Å²) in [5.41, 5.74) is 1.01. The molecule has 1 fully saturated rings. The summed E-state index contributed by atoms with van der Waals surface area (Å²) in [6, 6.07) is 0. The molecule has 11 heteroatoms. The van der Waals surface area contributed by atoms with Gasteiger partial charge < -0.3 is 10.6 Å². The van der Waals surface area contributed by atoms with E-state index in [1.807, 2.05) is 20.8 Å². The molecule has 0 radical (unpaired) electrons. The van der Waals surface area contributed by atoms with Crippen molar-refractivity contribution in [2.45, 2.75) is 27.3 Å². The lowest BCUT2D eigenvalue weighted by molar-refractivity contribution is 0.443. The van der Waals surface area contributed by atoms with Crippen LogP contribution in [0.4, 0.5) is 0 Å². The minimum Gasteiger partial charge on any atom is -0.357 e. The molecule has 1 aliphatic heterocycles. The van der Waals surface area contributed by atoms with Crippen LogP contribution in [0.25, 0.3) is 0 Å². The summed E-state index contributed by atoms with van der Waals surface area (Å²) in [6.07, 6.45) is 0. The highest BCUT2D eigenvalue weighted by atomic mass is 127. The Kier molecular flexibility index (Phi) is 10.7. The number of thioether (sulfide) groups is 1. The highest BCUT2D eigenvalue weighted by Crippen LogP contribution is 2.17. The normalized spacial score (nSPS) is 16.2. The third-order valence-electron chi connectivity index (χ3n) is 3.74. The molecule has 0 aromatic carbocycles. The Balaban J connectivity index is 0.00000338. The number of guanidine groups is 1. The Morgan fingerprint density at radius 3 is 2.54 bits per heavy atom. The van der Waals surface area contributed by atoms with Crippen LogP contribution in [0.1, 0.15) is 22.5 Å². The highest BCUT2D eigenvalue weighted by Gasteiger charge is 2.23. The van der Waals surface area contributed by atoms with E-state index in [1.54, 1.807) is 27.4 Å². The predicted octanol–water partition coefficient (Wildman–Crippen LogP) is 1.81. The van der Waals surface area contributed by atoms with E-state index in [9.17, 15) is 8.42 Å². The van der Waals surface area contributed by atoms with Crippen molar-refractivity contribution < 1.29 is 8.42 Å². The van der Waals surface area contributed by atoms with Crippen LogP contribution in [-0.4, -0.2) is 67.1 Å². The third-order valence-corrected chi connectivity index (χ3v) is 7.61. The van der Waals surface area contributed by atoms with Crippen molar-refractivity contribution in [1.82, 2.24) is 19.9 Å². The molecule has 1 aromatic heterocycles. The zero-order valence-corrected chi connectivity index (χ0v) is 20.2. The number of thiazole rings is 1. The Morgan fingerprint density at radius 1 is 1.27 bits per heavy atom. The lowest BCUT2D eigenvalue weighted by Crippen LogP contribution is -2.44. The summed E-state index contributed by atoms with van der Waals surface area (Å²) >= 11 is 3.45. The molecule has 0 spiro atoms. The van der Waals surface area contributed by atoms with Crippen molar-refractivity contribution in [2.75, 3.05) is 43.4 Å². The summed E-state index contributed by atoms with van der Waals surface area (Å²) in [4.78, 5) is 10.1. The summed E-state index contributed by atoms with van der Waals surface area (Å²) in [7, 11) is -3.20. The first-order valence-electron chi connectivity index (χ1n) is 8.43. The van der Waals surface area contributed by atoms with Gasteiger partial charge in [0.25, 0.3) is 0 Å². The van der Waals surface area contributed by atoms with Crippen molar-refractivity contribution >= 4 is 63.1 Å². The fourth-order valence-corrected chi connectivity index (χ4v) is 5.82. The predicted molar refractivity (Wildman–Crippen MR) is 123 cm³/mol. The van der Waals surface area contributed by atoms with Gasteiger partial charge in [-0.2, -0.15) is 11.8 Å². The Morgan fingerprint density at radius 2 is 1.96 bits per heavy atom. The molecule has 2 N–H and O–H groups in total. The van der Waals surface area contributed by atoms with Crippen LogP contribution in [0.15, 0.2) is 4.99 Å². The largest absolute Gasteiger partial charge is 0.357 e. The molecule has 1 aromatic rings. The third kappa shape index (κ3) is 7.49. The summed E-state index contributed by atoms with van der Waals surface area (Å²) < 4.78 is 26.3. The molecule has 2 heterocycles. The molecular formula is C15H28IN5O2S3. The average molecular weight is 534 g/mol. The van der Waals surface area contributed by atoms with E-state index < -0.39 is 10.0 Å². The lowest BCUT2D eigenvalue weighted by atomic mass is 10.4. The van der Waals surface area contributed by atoms with Gasteiger partial charge in [-0.1, -0.05) is 0 Å². The molecule has 150 valence electrons. The molecule has 0 saturated carbocycles. The van der Waals surface area contributed by atoms with Gasteiger partial charge in [0.05, 0.1) is 23.0 Å². The van der Waals surface area contributed by atoms with E-state index in [0.29, 0.717) is 32.1 Å². The van der Waals surface area contributed by atoms with E-state index in [2.05, 4.69) is 20.6 Å². The minimum atomic E-state index is -3.20. The van der Waals surface area contributed by atoms with Crippen LogP contribution >= 0.6 is 47.1 Å². The zero-order chi connectivity index (χ0) is 18.3. The SMILES string of the molecule is CCNC(=NCc1sc(C)nc1C)NCCS(=O)(=O)N1CCSCC1.I. The van der Waals surface area contributed by atoms with Gasteiger partial charge in [-0.25, -0.2) is 22.7 Å². The average Bonchev–Trinajstić information content (AvgIpc) is 2.91. The summed E-state index contributed by atoms with van der Waals surface area (Å²) in [5.74, 6) is 2.48. The van der Waals surface area contributed by atoms with Gasteiger partial charge in [0.2, 0.25) is 10.0 Å². The number of aliphatic imine (C=N–C) groups is 1. The second-order valence-electron chi connectivity index (χ2n) is 5.69. The van der Waals surface area contributed by atoms with Crippen LogP contribution in [0.3, 0.4) is 0 Å². The number of nitrogens with zero attached hydrogens (tertiary/aromatic N) is 3. The quantitative estimate of drug-likeness (QED) is 0.316. The van der Waals surface area contributed by atoms with E-state index >= 15 is 0 Å². The first-order chi connectivity index (χ1) is 11.9. The van der Waals surface area contributed by atoms with Gasteiger partial charge in [0.1, 0.15) is 0 Å². The van der Waals surface area contributed by atoms with Gasteiger partial charge in [0, 0.05) is 42.6 Å². The number of hydrogen-bond donors (Lipinski definition) is 2. The second-order valence-corrected chi connectivity index (χ2v) is 10.3. The summed E-state index contributed by atoms with van der Waals surface area (Å²) in [5, 5.41) is 7.31. The molecule has 0 bridgehead atoms. The number of rotatable bonds is 7. The monoisotopic (exact) mass is 533 g/mol. The zero-order valence-electron chi connectivity index (χ0n) is 15.4. The summed E-state index contributed by atoms with van der Waals surface area (Å²) in [6.45, 7) is 8.80. The molecule has 0 amide bonds. The van der Waals surface area contributed by atoms with Gasteiger partial charge in [-0.15, -0.1) is 35.3 Å².